The minimum atomic E-state index is 1.10. The molecule has 0 saturated carbocycles. The molecule has 0 aliphatic heterocycles. The number of benzene rings is 12. The molecule has 4 nitrogen and oxygen atoms in total. The van der Waals surface area contributed by atoms with Crippen LogP contribution in [0.25, 0.3) is 132 Å². The zero-order valence-corrected chi connectivity index (χ0v) is 52.9. The highest BCUT2D eigenvalue weighted by Crippen LogP contribution is 2.39. The SMILES string of the molecule is BrBr.Cc1ccc2c(c1)c1cc(Br)ccc1n2-c1ccc(-c2ccc(-n3c4ccc(C)cc4c4cc(Br)ccc43)cc2)cc1.Cc1ccc2c(c1)c1ccccc1n2-c1ccc(-c2ccc(-n3c4ccccc4c4cc(C)ccc43)cc2)cc1. The standard InChI is InChI=1S/C38H26Br2N2.C38H28N2.Br2/c1-23-3-15-35-31(19-23)33-21-27(39)9-17-37(33)41(35)29-11-5-25(6-12-29)26-7-13-30(14-8-26)42-36-16-4-24(2)20-32(36)34-22-28(40)10-18-38(34)42;1-25-11-21-37-33(23-25)31-7-3-5-9-35(31)39(37)29-17-13-27(14-18-29)28-15-19-30(20-16-28)40-36-10-6-4-8-32(36)34-24-26(2)12-22-38(34)40;1-2/h3-22H,1-2H3;3-24H,1-2H3;. The van der Waals surface area contributed by atoms with Crippen molar-refractivity contribution < 1.29 is 0 Å². The number of hydrogen-bond acceptors (Lipinski definition) is 0. The molecule has 0 amide bonds. The van der Waals surface area contributed by atoms with Gasteiger partial charge in [0.25, 0.3) is 0 Å². The summed E-state index contributed by atoms with van der Waals surface area (Å²) in [6, 6.07) is 93.2. The van der Waals surface area contributed by atoms with Crippen LogP contribution < -0.4 is 0 Å². The fraction of sp³-hybridized carbons (Fsp3) is 0.0526. The van der Waals surface area contributed by atoms with Gasteiger partial charge in [-0.05, 0) is 196 Å². The Morgan fingerprint density at radius 1 is 0.214 bits per heavy atom. The molecule has 16 aromatic rings. The van der Waals surface area contributed by atoms with Crippen molar-refractivity contribution in [1.82, 2.24) is 18.3 Å². The molecule has 0 fully saturated rings. The highest BCUT2D eigenvalue weighted by Gasteiger charge is 2.18. The molecule has 16 rings (SSSR count). The maximum Gasteiger partial charge on any atom is 0.0541 e. The normalized spacial score (nSPS) is 11.6. The smallest absolute Gasteiger partial charge is 0.0541 e. The number of rotatable bonds is 6. The van der Waals surface area contributed by atoms with E-state index in [1.165, 1.54) is 143 Å². The molecule has 0 bridgehead atoms. The van der Waals surface area contributed by atoms with E-state index in [9.17, 15) is 0 Å². The van der Waals surface area contributed by atoms with E-state index in [1.54, 1.807) is 0 Å². The Balaban J connectivity index is 0.000000145. The highest BCUT2D eigenvalue weighted by molar-refractivity contribution is 9.93. The first-order chi connectivity index (χ1) is 41.1. The predicted octanol–water partition coefficient (Wildman–Crippen LogP) is 23.5. The number of para-hydroxylation sites is 2. The van der Waals surface area contributed by atoms with Gasteiger partial charge in [-0.15, -0.1) is 0 Å². The van der Waals surface area contributed by atoms with Crippen molar-refractivity contribution in [2.24, 2.45) is 0 Å². The fourth-order valence-corrected chi connectivity index (χ4v) is 13.4. The Morgan fingerprint density at radius 2 is 0.429 bits per heavy atom. The molecule has 406 valence electrons. The van der Waals surface area contributed by atoms with E-state index in [0.29, 0.717) is 0 Å². The van der Waals surface area contributed by atoms with Crippen molar-refractivity contribution in [3.05, 3.63) is 286 Å². The third-order valence-electron chi connectivity index (χ3n) is 16.6. The Labute approximate surface area is 519 Å². The summed E-state index contributed by atoms with van der Waals surface area (Å²) < 4.78 is 11.7. The molecule has 0 radical (unpaired) electrons. The third kappa shape index (κ3) is 9.41. The van der Waals surface area contributed by atoms with Crippen molar-refractivity contribution in [3.63, 3.8) is 0 Å². The van der Waals surface area contributed by atoms with Gasteiger partial charge >= 0.3 is 0 Å². The van der Waals surface area contributed by atoms with Gasteiger partial charge in [0.1, 0.15) is 0 Å². The average Bonchev–Trinajstić information content (AvgIpc) is 3.19. The van der Waals surface area contributed by atoms with E-state index >= 15 is 0 Å². The van der Waals surface area contributed by atoms with Crippen molar-refractivity contribution in [3.8, 4) is 45.0 Å². The summed E-state index contributed by atoms with van der Waals surface area (Å²) in [7, 11) is 0. The molecule has 84 heavy (non-hydrogen) atoms. The lowest BCUT2D eigenvalue weighted by molar-refractivity contribution is 1.18. The third-order valence-corrected chi connectivity index (χ3v) is 17.6. The molecule has 0 saturated heterocycles. The lowest BCUT2D eigenvalue weighted by Gasteiger charge is -2.11. The Morgan fingerprint density at radius 3 is 0.702 bits per heavy atom. The van der Waals surface area contributed by atoms with Gasteiger partial charge in [0.2, 0.25) is 0 Å². The van der Waals surface area contributed by atoms with Gasteiger partial charge in [0.15, 0.2) is 0 Å². The van der Waals surface area contributed by atoms with Crippen molar-refractivity contribution >= 4 is 147 Å². The average molecular weight is 1340 g/mol. The minimum absolute atomic E-state index is 1.10. The zero-order chi connectivity index (χ0) is 57.3. The Bertz CT molecular complexity index is 4750. The maximum absolute atomic E-state index is 3.67. The molecule has 0 unspecified atom stereocenters. The van der Waals surface area contributed by atoms with Gasteiger partial charge in [0.05, 0.1) is 44.1 Å². The molecule has 8 heteroatoms. The van der Waals surface area contributed by atoms with Crippen LogP contribution in [-0.4, -0.2) is 18.3 Å². The molecule has 12 aromatic carbocycles. The van der Waals surface area contributed by atoms with Gasteiger partial charge in [-0.25, -0.2) is 0 Å². The first kappa shape index (κ1) is 53.7. The quantitative estimate of drug-likeness (QED) is 0.158. The molecule has 4 aromatic heterocycles. The van der Waals surface area contributed by atoms with E-state index in [1.807, 2.05) is 0 Å². The van der Waals surface area contributed by atoms with Crippen LogP contribution in [0.3, 0.4) is 0 Å². The van der Waals surface area contributed by atoms with E-state index in [-0.39, 0.29) is 0 Å². The number of aryl methyl sites for hydroxylation is 4. The van der Waals surface area contributed by atoms with Crippen LogP contribution in [0.4, 0.5) is 0 Å². The van der Waals surface area contributed by atoms with Gasteiger partial charge in [-0.3, -0.25) is 0 Å². The van der Waals surface area contributed by atoms with Crippen molar-refractivity contribution in [1.29, 1.82) is 0 Å². The van der Waals surface area contributed by atoms with E-state index in [4.69, 9.17) is 0 Å². The number of hydrogen-bond donors (Lipinski definition) is 0. The second-order valence-corrected chi connectivity index (χ2v) is 23.8. The van der Waals surface area contributed by atoms with Crippen LogP contribution in [0.1, 0.15) is 22.3 Å². The van der Waals surface area contributed by atoms with Gasteiger partial charge in [0, 0.05) is 103 Å². The molecule has 0 aliphatic rings. The van der Waals surface area contributed by atoms with E-state index in [0.717, 1.165) is 20.3 Å². The largest absolute Gasteiger partial charge is 0.309 e. The van der Waals surface area contributed by atoms with Crippen molar-refractivity contribution in [2.75, 3.05) is 0 Å². The number of nitrogens with zero attached hydrogens (tertiary/aromatic N) is 4. The molecular weight excluding hydrogens is 1290 g/mol. The number of halogens is 4. The van der Waals surface area contributed by atoms with E-state index < -0.39 is 0 Å². The van der Waals surface area contributed by atoms with Crippen LogP contribution in [0.5, 0.6) is 0 Å². The van der Waals surface area contributed by atoms with Crippen LogP contribution in [-0.2, 0) is 0 Å². The Hall–Kier alpha value is -8.24. The monoisotopic (exact) mass is 1340 g/mol. The summed E-state index contributed by atoms with van der Waals surface area (Å²) in [5, 5.41) is 10.3. The summed E-state index contributed by atoms with van der Waals surface area (Å²) in [5.74, 6) is 0. The van der Waals surface area contributed by atoms with Gasteiger partial charge in [-0.1, -0.05) is 163 Å². The van der Waals surface area contributed by atoms with Crippen molar-refractivity contribution in [2.45, 2.75) is 27.7 Å². The summed E-state index contributed by atoms with van der Waals surface area (Å²) >= 11 is 12.8. The zero-order valence-electron chi connectivity index (χ0n) is 46.5. The minimum Gasteiger partial charge on any atom is -0.309 e. The molecule has 4 heterocycles. The summed E-state index contributed by atoms with van der Waals surface area (Å²) in [5.41, 5.74) is 24.4. The van der Waals surface area contributed by atoms with Crippen LogP contribution in [0, 0.1) is 27.7 Å². The maximum atomic E-state index is 3.67. The first-order valence-corrected chi connectivity index (χ1v) is 33.4. The van der Waals surface area contributed by atoms with Crippen LogP contribution in [0.2, 0.25) is 0 Å². The second kappa shape index (κ2) is 22.1. The second-order valence-electron chi connectivity index (χ2n) is 22.0. The number of aromatic nitrogens is 4. The van der Waals surface area contributed by atoms with Gasteiger partial charge < -0.3 is 18.3 Å². The van der Waals surface area contributed by atoms with Crippen LogP contribution in [0.15, 0.2) is 264 Å². The molecule has 0 spiro atoms. The highest BCUT2D eigenvalue weighted by atomic mass is 80.9. The summed E-state index contributed by atoms with van der Waals surface area (Å²) in [6.07, 6.45) is 0. The summed E-state index contributed by atoms with van der Waals surface area (Å²) in [6.45, 7) is 8.63. The van der Waals surface area contributed by atoms with Crippen LogP contribution >= 0.6 is 60.1 Å². The number of fused-ring (bicyclic) bond motifs is 12. The fourth-order valence-electron chi connectivity index (χ4n) is 12.7. The summed E-state index contributed by atoms with van der Waals surface area (Å²) in [4.78, 5) is 0. The Kier molecular flexibility index (Phi) is 14.1. The molecular formula is C76H54Br4N4. The van der Waals surface area contributed by atoms with E-state index in [2.05, 4.69) is 361 Å². The molecule has 0 atom stereocenters. The molecule has 0 aliphatic carbocycles. The lowest BCUT2D eigenvalue weighted by Crippen LogP contribution is -1.95. The lowest BCUT2D eigenvalue weighted by atomic mass is 10.0. The first-order valence-electron chi connectivity index (χ1n) is 28.1. The molecule has 0 N–H and O–H groups in total. The predicted molar refractivity (Wildman–Crippen MR) is 373 cm³/mol. The topological polar surface area (TPSA) is 19.7 Å². The van der Waals surface area contributed by atoms with Gasteiger partial charge in [-0.2, -0.15) is 0 Å².